The Labute approximate surface area is 131 Å². The molecule has 0 aliphatic rings. The van der Waals surface area contributed by atoms with Gasteiger partial charge in [-0.25, -0.2) is 0 Å². The first-order valence-corrected chi connectivity index (χ1v) is 7.77. The lowest BCUT2D eigenvalue weighted by Crippen LogP contribution is -2.20. The SMILES string of the molecule is CC(C)c1ccc(CNC(C)c2nnc3ccccn23)cc1. The maximum Gasteiger partial charge on any atom is 0.160 e. The fraction of sp³-hybridized carbons (Fsp3) is 0.333. The average Bonchev–Trinajstić information content (AvgIpc) is 2.97. The van der Waals surface area contributed by atoms with E-state index in [1.165, 1.54) is 11.1 Å². The van der Waals surface area contributed by atoms with Crippen molar-refractivity contribution in [1.82, 2.24) is 19.9 Å². The maximum absolute atomic E-state index is 4.30. The summed E-state index contributed by atoms with van der Waals surface area (Å²) in [5.74, 6) is 1.51. The molecule has 2 aromatic heterocycles. The Kier molecular flexibility index (Phi) is 4.20. The van der Waals surface area contributed by atoms with Gasteiger partial charge in [-0.1, -0.05) is 44.2 Å². The van der Waals surface area contributed by atoms with E-state index in [1.54, 1.807) is 0 Å². The van der Waals surface area contributed by atoms with Crippen LogP contribution in [0.2, 0.25) is 0 Å². The Bertz CT molecular complexity index is 743. The fourth-order valence-corrected chi connectivity index (χ4v) is 2.54. The summed E-state index contributed by atoms with van der Waals surface area (Å²) in [6, 6.07) is 14.9. The highest BCUT2D eigenvalue weighted by Crippen LogP contribution is 2.16. The molecule has 1 unspecified atom stereocenters. The van der Waals surface area contributed by atoms with E-state index in [1.807, 2.05) is 28.8 Å². The summed E-state index contributed by atoms with van der Waals surface area (Å²) < 4.78 is 2.03. The van der Waals surface area contributed by atoms with Crippen LogP contribution in [0.25, 0.3) is 5.65 Å². The average molecular weight is 294 g/mol. The van der Waals surface area contributed by atoms with Gasteiger partial charge in [0.2, 0.25) is 0 Å². The van der Waals surface area contributed by atoms with Crippen molar-refractivity contribution in [1.29, 1.82) is 0 Å². The Morgan fingerprint density at radius 2 is 1.77 bits per heavy atom. The van der Waals surface area contributed by atoms with Crippen LogP contribution in [-0.4, -0.2) is 14.6 Å². The minimum Gasteiger partial charge on any atom is -0.303 e. The van der Waals surface area contributed by atoms with Crippen molar-refractivity contribution in [3.63, 3.8) is 0 Å². The number of pyridine rings is 1. The Morgan fingerprint density at radius 3 is 2.50 bits per heavy atom. The third kappa shape index (κ3) is 3.02. The molecule has 114 valence electrons. The normalized spacial score (nSPS) is 12.9. The highest BCUT2D eigenvalue weighted by Gasteiger charge is 2.12. The number of rotatable bonds is 5. The van der Waals surface area contributed by atoms with E-state index in [0.717, 1.165) is 18.0 Å². The molecule has 4 heteroatoms. The zero-order valence-electron chi connectivity index (χ0n) is 13.3. The number of fused-ring (bicyclic) bond motifs is 1. The number of nitrogens with one attached hydrogen (secondary N) is 1. The van der Waals surface area contributed by atoms with Crippen LogP contribution in [0.5, 0.6) is 0 Å². The Morgan fingerprint density at radius 1 is 1.00 bits per heavy atom. The molecule has 1 N–H and O–H groups in total. The second-order valence-corrected chi connectivity index (χ2v) is 5.99. The largest absolute Gasteiger partial charge is 0.303 e. The van der Waals surface area contributed by atoms with E-state index < -0.39 is 0 Å². The number of benzene rings is 1. The number of nitrogens with zero attached hydrogens (tertiary/aromatic N) is 3. The van der Waals surface area contributed by atoms with Crippen molar-refractivity contribution in [3.8, 4) is 0 Å². The predicted molar refractivity (Wildman–Crippen MR) is 88.8 cm³/mol. The van der Waals surface area contributed by atoms with Crippen LogP contribution >= 0.6 is 0 Å². The Hall–Kier alpha value is -2.20. The molecular formula is C18H22N4. The molecule has 1 atom stereocenters. The molecule has 0 radical (unpaired) electrons. The Balaban J connectivity index is 1.68. The van der Waals surface area contributed by atoms with Crippen molar-refractivity contribution < 1.29 is 0 Å². The number of hydrogen-bond donors (Lipinski definition) is 1. The van der Waals surface area contributed by atoms with Crippen molar-refractivity contribution >= 4 is 5.65 Å². The molecule has 3 rings (SSSR count). The lowest BCUT2D eigenvalue weighted by molar-refractivity contribution is 0.541. The van der Waals surface area contributed by atoms with Crippen molar-refractivity contribution in [2.75, 3.05) is 0 Å². The van der Waals surface area contributed by atoms with Gasteiger partial charge < -0.3 is 5.32 Å². The third-order valence-electron chi connectivity index (χ3n) is 3.99. The van der Waals surface area contributed by atoms with Crippen LogP contribution in [-0.2, 0) is 6.54 Å². The smallest absolute Gasteiger partial charge is 0.160 e. The molecule has 0 amide bonds. The summed E-state index contributed by atoms with van der Waals surface area (Å²) in [5, 5.41) is 12.0. The summed E-state index contributed by atoms with van der Waals surface area (Å²) >= 11 is 0. The van der Waals surface area contributed by atoms with Crippen LogP contribution in [0.1, 0.15) is 49.7 Å². The van der Waals surface area contributed by atoms with Gasteiger partial charge in [-0.3, -0.25) is 4.40 Å². The molecule has 0 spiro atoms. The van der Waals surface area contributed by atoms with Gasteiger partial charge in [-0.05, 0) is 36.1 Å². The minimum atomic E-state index is 0.141. The van der Waals surface area contributed by atoms with Crippen molar-refractivity contribution in [2.24, 2.45) is 0 Å². The first-order valence-electron chi connectivity index (χ1n) is 7.77. The minimum absolute atomic E-state index is 0.141. The van der Waals surface area contributed by atoms with E-state index in [9.17, 15) is 0 Å². The van der Waals surface area contributed by atoms with Crippen LogP contribution in [0.4, 0.5) is 0 Å². The number of aromatic nitrogens is 3. The van der Waals surface area contributed by atoms with Gasteiger partial charge in [-0.2, -0.15) is 0 Å². The highest BCUT2D eigenvalue weighted by molar-refractivity contribution is 5.37. The second-order valence-electron chi connectivity index (χ2n) is 5.99. The van der Waals surface area contributed by atoms with Crippen LogP contribution < -0.4 is 5.32 Å². The molecule has 0 aliphatic carbocycles. The second kappa shape index (κ2) is 6.28. The quantitative estimate of drug-likeness (QED) is 0.780. The first-order chi connectivity index (χ1) is 10.6. The van der Waals surface area contributed by atoms with E-state index in [0.29, 0.717) is 5.92 Å². The highest BCUT2D eigenvalue weighted by atomic mass is 15.3. The molecule has 0 saturated heterocycles. The van der Waals surface area contributed by atoms with Crippen LogP contribution in [0, 0.1) is 0 Å². The zero-order valence-corrected chi connectivity index (χ0v) is 13.3. The predicted octanol–water partition coefficient (Wildman–Crippen LogP) is 3.70. The van der Waals surface area contributed by atoms with Gasteiger partial charge in [0, 0.05) is 12.7 Å². The summed E-state index contributed by atoms with van der Waals surface area (Å²) in [6.07, 6.45) is 2.00. The van der Waals surface area contributed by atoms with Crippen LogP contribution in [0.15, 0.2) is 48.7 Å². The molecule has 2 heterocycles. The fourth-order valence-electron chi connectivity index (χ4n) is 2.54. The molecule has 1 aromatic carbocycles. The molecule has 4 nitrogen and oxygen atoms in total. The molecule has 3 aromatic rings. The molecule has 0 fully saturated rings. The monoisotopic (exact) mass is 294 g/mol. The summed E-state index contributed by atoms with van der Waals surface area (Å²) in [4.78, 5) is 0. The van der Waals surface area contributed by atoms with E-state index >= 15 is 0 Å². The third-order valence-corrected chi connectivity index (χ3v) is 3.99. The number of hydrogen-bond acceptors (Lipinski definition) is 3. The molecule has 22 heavy (non-hydrogen) atoms. The van der Waals surface area contributed by atoms with E-state index in [2.05, 4.69) is 60.6 Å². The summed E-state index contributed by atoms with van der Waals surface area (Å²) in [7, 11) is 0. The van der Waals surface area contributed by atoms with E-state index in [-0.39, 0.29) is 6.04 Å². The molecular weight excluding hydrogens is 272 g/mol. The molecule has 0 bridgehead atoms. The standard InChI is InChI=1S/C18H22N4/c1-13(2)16-9-7-15(8-10-16)12-19-14(3)18-21-20-17-6-4-5-11-22(17)18/h4-11,13-14,19H,12H2,1-3H3. The summed E-state index contributed by atoms with van der Waals surface area (Å²) in [5.41, 5.74) is 3.54. The molecule has 0 saturated carbocycles. The maximum atomic E-state index is 4.30. The van der Waals surface area contributed by atoms with Gasteiger partial charge in [0.05, 0.1) is 6.04 Å². The lowest BCUT2D eigenvalue weighted by atomic mass is 10.0. The van der Waals surface area contributed by atoms with Gasteiger partial charge in [0.25, 0.3) is 0 Å². The first kappa shape index (κ1) is 14.7. The van der Waals surface area contributed by atoms with E-state index in [4.69, 9.17) is 0 Å². The van der Waals surface area contributed by atoms with Crippen molar-refractivity contribution in [3.05, 3.63) is 65.6 Å². The van der Waals surface area contributed by atoms with Gasteiger partial charge >= 0.3 is 0 Å². The van der Waals surface area contributed by atoms with Crippen molar-refractivity contribution in [2.45, 2.75) is 39.3 Å². The van der Waals surface area contributed by atoms with Gasteiger partial charge in [0.1, 0.15) is 0 Å². The van der Waals surface area contributed by atoms with Gasteiger partial charge in [-0.15, -0.1) is 10.2 Å². The lowest BCUT2D eigenvalue weighted by Gasteiger charge is -2.13. The van der Waals surface area contributed by atoms with Gasteiger partial charge in [0.15, 0.2) is 11.5 Å². The molecule has 0 aliphatic heterocycles. The zero-order chi connectivity index (χ0) is 15.5. The summed E-state index contributed by atoms with van der Waals surface area (Å²) in [6.45, 7) is 7.37. The van der Waals surface area contributed by atoms with Crippen LogP contribution in [0.3, 0.4) is 0 Å². The topological polar surface area (TPSA) is 42.2 Å².